The normalized spacial score (nSPS) is 29.8. The zero-order valence-corrected chi connectivity index (χ0v) is 17.0. The minimum atomic E-state index is -0.221. The number of rotatable bonds is 2. The predicted octanol–water partition coefficient (Wildman–Crippen LogP) is 3.62. The molecule has 1 aromatic carbocycles. The Labute approximate surface area is 171 Å². The Hall–Kier alpha value is -2.01. The monoisotopic (exact) mass is 402 g/mol. The third kappa shape index (κ3) is 4.19. The fraction of sp³-hybridized carbons (Fsp3) is 0.545. The third-order valence-electron chi connectivity index (χ3n) is 6.20. The van der Waals surface area contributed by atoms with Gasteiger partial charge in [0.15, 0.2) is 5.76 Å². The van der Waals surface area contributed by atoms with Gasteiger partial charge >= 0.3 is 0 Å². The Morgan fingerprint density at radius 2 is 2.04 bits per heavy atom. The van der Waals surface area contributed by atoms with E-state index in [0.29, 0.717) is 23.1 Å². The van der Waals surface area contributed by atoms with Crippen molar-refractivity contribution in [1.82, 2.24) is 10.2 Å². The lowest BCUT2D eigenvalue weighted by atomic mass is 9.81. The first kappa shape index (κ1) is 19.3. The summed E-state index contributed by atoms with van der Waals surface area (Å²) in [5, 5.41) is 3.68. The highest BCUT2D eigenvalue weighted by Gasteiger charge is 2.41. The molecule has 28 heavy (non-hydrogen) atoms. The lowest BCUT2D eigenvalue weighted by Gasteiger charge is -2.41. The molecule has 1 N–H and O–H groups in total. The summed E-state index contributed by atoms with van der Waals surface area (Å²) in [5.74, 6) is 1.03. The van der Waals surface area contributed by atoms with Crippen molar-refractivity contribution in [3.63, 3.8) is 0 Å². The molecular weight excluding hydrogens is 376 g/mol. The maximum absolute atomic E-state index is 12.9. The molecule has 3 aliphatic rings. The van der Waals surface area contributed by atoms with E-state index < -0.39 is 0 Å². The highest BCUT2D eigenvalue weighted by atomic mass is 35.5. The van der Waals surface area contributed by atoms with Crippen molar-refractivity contribution < 1.29 is 14.3 Å². The lowest BCUT2D eigenvalue weighted by molar-refractivity contribution is -0.142. The number of morpholine rings is 1. The Morgan fingerprint density at radius 3 is 2.79 bits per heavy atom. The zero-order chi connectivity index (χ0) is 19.7. The molecule has 150 valence electrons. The number of nitrogens with zero attached hydrogens (tertiary/aromatic N) is 1. The van der Waals surface area contributed by atoms with Gasteiger partial charge in [-0.3, -0.25) is 9.59 Å². The number of fused-ring (bicyclic) bond motifs is 1. The van der Waals surface area contributed by atoms with Crippen LogP contribution in [0.5, 0.6) is 0 Å². The molecule has 3 atom stereocenters. The standard InChI is InChI=1S/C22H27ClN2O3/c1-14-7-9-25(10-8-14)22(27)16-5-6-19-18(13-16)24-21(26)20(28-19)12-15-3-2-4-17(23)11-15/h2-4,11-12,14,16,18-19H,5-10,13H2,1H3,(H,24,26)/b20-12-. The molecule has 5 nitrogen and oxygen atoms in total. The quantitative estimate of drug-likeness (QED) is 0.768. The van der Waals surface area contributed by atoms with Crippen molar-refractivity contribution in [1.29, 1.82) is 0 Å². The minimum Gasteiger partial charge on any atom is -0.483 e. The number of carbonyl (C=O) groups is 2. The topological polar surface area (TPSA) is 58.6 Å². The minimum absolute atomic E-state index is 0.0167. The van der Waals surface area contributed by atoms with Gasteiger partial charge in [-0.15, -0.1) is 0 Å². The van der Waals surface area contributed by atoms with Crippen LogP contribution in [-0.2, 0) is 14.3 Å². The van der Waals surface area contributed by atoms with E-state index in [0.717, 1.165) is 44.3 Å². The Bertz CT molecular complexity index is 786. The van der Waals surface area contributed by atoms with Crippen LogP contribution in [0.4, 0.5) is 0 Å². The zero-order valence-electron chi connectivity index (χ0n) is 16.2. The van der Waals surface area contributed by atoms with E-state index in [9.17, 15) is 9.59 Å². The number of ether oxygens (including phenoxy) is 1. The van der Waals surface area contributed by atoms with Crippen molar-refractivity contribution >= 4 is 29.5 Å². The van der Waals surface area contributed by atoms with Gasteiger partial charge < -0.3 is 15.0 Å². The van der Waals surface area contributed by atoms with Crippen LogP contribution in [0, 0.1) is 11.8 Å². The average Bonchev–Trinajstić information content (AvgIpc) is 2.68. The van der Waals surface area contributed by atoms with Gasteiger partial charge in [0.25, 0.3) is 5.91 Å². The molecule has 0 bridgehead atoms. The van der Waals surface area contributed by atoms with Gasteiger partial charge in [0.2, 0.25) is 5.91 Å². The number of benzene rings is 1. The largest absolute Gasteiger partial charge is 0.483 e. The fourth-order valence-corrected chi connectivity index (χ4v) is 4.65. The van der Waals surface area contributed by atoms with Crippen LogP contribution in [0.25, 0.3) is 6.08 Å². The van der Waals surface area contributed by atoms with Crippen LogP contribution in [0.1, 0.15) is 44.6 Å². The number of hydrogen-bond donors (Lipinski definition) is 1. The van der Waals surface area contributed by atoms with Gasteiger partial charge in [0.05, 0.1) is 6.04 Å². The van der Waals surface area contributed by atoms with E-state index in [1.54, 1.807) is 18.2 Å². The second-order valence-electron chi connectivity index (χ2n) is 8.32. The number of nitrogens with one attached hydrogen (secondary N) is 1. The maximum atomic E-state index is 12.9. The summed E-state index contributed by atoms with van der Waals surface area (Å²) >= 11 is 6.02. The summed E-state index contributed by atoms with van der Waals surface area (Å²) in [6.45, 7) is 3.97. The van der Waals surface area contributed by atoms with Crippen LogP contribution in [0.3, 0.4) is 0 Å². The number of amides is 2. The molecule has 1 saturated carbocycles. The van der Waals surface area contributed by atoms with E-state index >= 15 is 0 Å². The second kappa shape index (κ2) is 8.16. The van der Waals surface area contributed by atoms with Gasteiger partial charge in [-0.1, -0.05) is 30.7 Å². The van der Waals surface area contributed by atoms with E-state index in [2.05, 4.69) is 12.2 Å². The van der Waals surface area contributed by atoms with Gasteiger partial charge in [-0.05, 0) is 61.8 Å². The Balaban J connectivity index is 1.39. The summed E-state index contributed by atoms with van der Waals surface area (Å²) in [5.41, 5.74) is 0.833. The summed E-state index contributed by atoms with van der Waals surface area (Å²) in [7, 11) is 0. The maximum Gasteiger partial charge on any atom is 0.286 e. The van der Waals surface area contributed by atoms with Crippen LogP contribution in [0.15, 0.2) is 30.0 Å². The number of halogens is 1. The van der Waals surface area contributed by atoms with Crippen molar-refractivity contribution in [2.24, 2.45) is 11.8 Å². The SMILES string of the molecule is CC1CCN(C(=O)C2CCC3O/C(=C\c4cccc(Cl)c4)C(=O)NC3C2)CC1. The fourth-order valence-electron chi connectivity index (χ4n) is 4.45. The molecule has 3 fully saturated rings. The molecule has 0 spiro atoms. The first-order valence-corrected chi connectivity index (χ1v) is 10.6. The molecule has 2 heterocycles. The Kier molecular flexibility index (Phi) is 5.63. The smallest absolute Gasteiger partial charge is 0.286 e. The first-order chi connectivity index (χ1) is 13.5. The number of piperidine rings is 1. The Morgan fingerprint density at radius 1 is 1.25 bits per heavy atom. The van der Waals surface area contributed by atoms with E-state index in [4.69, 9.17) is 16.3 Å². The molecule has 1 aliphatic carbocycles. The van der Waals surface area contributed by atoms with Crippen molar-refractivity contribution in [3.05, 3.63) is 40.6 Å². The molecule has 0 aromatic heterocycles. The van der Waals surface area contributed by atoms with Crippen molar-refractivity contribution in [2.45, 2.75) is 51.2 Å². The molecule has 2 amide bonds. The molecule has 3 unspecified atom stereocenters. The third-order valence-corrected chi connectivity index (χ3v) is 6.43. The van der Waals surface area contributed by atoms with Crippen LogP contribution in [-0.4, -0.2) is 41.9 Å². The van der Waals surface area contributed by atoms with Crippen LogP contribution in [0.2, 0.25) is 5.02 Å². The van der Waals surface area contributed by atoms with Gasteiger partial charge in [-0.2, -0.15) is 0 Å². The van der Waals surface area contributed by atoms with E-state index in [1.165, 1.54) is 0 Å². The van der Waals surface area contributed by atoms with E-state index in [-0.39, 0.29) is 29.9 Å². The molecule has 6 heteroatoms. The first-order valence-electron chi connectivity index (χ1n) is 10.2. The highest BCUT2D eigenvalue weighted by molar-refractivity contribution is 6.30. The van der Waals surface area contributed by atoms with Crippen LogP contribution < -0.4 is 5.32 Å². The number of likely N-dealkylation sites (tertiary alicyclic amines) is 1. The molecular formula is C22H27ClN2O3. The van der Waals surface area contributed by atoms with Gasteiger partial charge in [0, 0.05) is 24.0 Å². The summed E-state index contributed by atoms with van der Waals surface area (Å²) in [4.78, 5) is 27.4. The molecule has 4 rings (SSSR count). The summed E-state index contributed by atoms with van der Waals surface area (Å²) in [6, 6.07) is 7.22. The summed E-state index contributed by atoms with van der Waals surface area (Å²) in [6.07, 6.45) is 6.07. The second-order valence-corrected chi connectivity index (χ2v) is 8.75. The van der Waals surface area contributed by atoms with E-state index in [1.807, 2.05) is 17.0 Å². The lowest BCUT2D eigenvalue weighted by Crippen LogP contribution is -2.55. The van der Waals surface area contributed by atoms with Crippen molar-refractivity contribution in [2.75, 3.05) is 13.1 Å². The molecule has 1 aromatic rings. The summed E-state index contributed by atoms with van der Waals surface area (Å²) < 4.78 is 6.02. The highest BCUT2D eigenvalue weighted by Crippen LogP contribution is 2.33. The number of hydrogen-bond acceptors (Lipinski definition) is 3. The average molecular weight is 403 g/mol. The van der Waals surface area contributed by atoms with Gasteiger partial charge in [-0.25, -0.2) is 0 Å². The molecule has 0 radical (unpaired) electrons. The molecule has 2 saturated heterocycles. The van der Waals surface area contributed by atoms with Gasteiger partial charge in [0.1, 0.15) is 6.10 Å². The number of carbonyl (C=O) groups excluding carboxylic acids is 2. The predicted molar refractivity (Wildman–Crippen MR) is 109 cm³/mol. The molecule has 2 aliphatic heterocycles. The van der Waals surface area contributed by atoms with Crippen LogP contribution >= 0.6 is 11.6 Å². The van der Waals surface area contributed by atoms with Crippen molar-refractivity contribution in [3.8, 4) is 0 Å².